The van der Waals surface area contributed by atoms with E-state index in [2.05, 4.69) is 5.10 Å². The van der Waals surface area contributed by atoms with E-state index in [0.29, 0.717) is 33.8 Å². The number of esters is 1. The summed E-state index contributed by atoms with van der Waals surface area (Å²) in [5, 5.41) is 5.25. The van der Waals surface area contributed by atoms with Gasteiger partial charge in [0.1, 0.15) is 11.5 Å². The fourth-order valence-corrected chi connectivity index (χ4v) is 3.10. The average molecular weight is 374 g/mol. The molecule has 6 nitrogen and oxygen atoms in total. The topological polar surface area (TPSA) is 72.1 Å². The van der Waals surface area contributed by atoms with Crippen LogP contribution in [0.25, 0.3) is 11.3 Å². The van der Waals surface area contributed by atoms with Crippen LogP contribution in [0.1, 0.15) is 23.0 Å². The first-order valence-corrected chi connectivity index (χ1v) is 8.89. The van der Waals surface area contributed by atoms with Gasteiger partial charge in [0.05, 0.1) is 24.1 Å². The first kappa shape index (κ1) is 17.4. The van der Waals surface area contributed by atoms with Gasteiger partial charge in [-0.2, -0.15) is 10.1 Å². The summed E-state index contributed by atoms with van der Waals surface area (Å²) in [4.78, 5) is 23.3. The molecule has 8 heteroatoms. The van der Waals surface area contributed by atoms with E-state index in [1.54, 1.807) is 43.3 Å². The molecule has 1 saturated heterocycles. The largest absolute Gasteiger partial charge is 0.462 e. The number of nitrogens with zero attached hydrogens (tertiary/aromatic N) is 2. The Hall–Kier alpha value is -2.45. The molecule has 1 amide bonds. The highest BCUT2D eigenvalue weighted by Crippen LogP contribution is 2.23. The van der Waals surface area contributed by atoms with Gasteiger partial charge in [0.25, 0.3) is 5.91 Å². The summed E-state index contributed by atoms with van der Waals surface area (Å²) in [5.74, 6) is 0.934. The second kappa shape index (κ2) is 7.62. The molecule has 2 heterocycles. The van der Waals surface area contributed by atoms with Gasteiger partial charge in [0.15, 0.2) is 4.32 Å². The van der Waals surface area contributed by atoms with Crippen molar-refractivity contribution < 1.29 is 18.7 Å². The summed E-state index contributed by atoms with van der Waals surface area (Å²) in [6.07, 6.45) is 1.45. The number of carbonyl (C=O) groups is 2. The lowest BCUT2D eigenvalue weighted by Gasteiger charge is -2.05. The Labute approximate surface area is 153 Å². The molecule has 128 valence electrons. The van der Waals surface area contributed by atoms with Crippen LogP contribution in [0.5, 0.6) is 0 Å². The van der Waals surface area contributed by atoms with Crippen molar-refractivity contribution in [2.75, 3.05) is 12.4 Å². The van der Waals surface area contributed by atoms with Crippen LogP contribution >= 0.6 is 24.0 Å². The average Bonchev–Trinajstić information content (AvgIpc) is 3.21. The molecule has 0 saturated carbocycles. The summed E-state index contributed by atoms with van der Waals surface area (Å²) in [6.45, 7) is 2.10. The predicted molar refractivity (Wildman–Crippen MR) is 99.6 cm³/mol. The Bertz CT molecular complexity index is 827. The molecule has 2 aromatic rings. The van der Waals surface area contributed by atoms with Crippen molar-refractivity contribution in [3.8, 4) is 11.3 Å². The normalized spacial score (nSPS) is 14.5. The molecule has 0 bridgehead atoms. The Morgan fingerprint density at radius 2 is 2.12 bits per heavy atom. The van der Waals surface area contributed by atoms with Crippen molar-refractivity contribution in [3.05, 3.63) is 47.7 Å². The minimum absolute atomic E-state index is 0.146. The van der Waals surface area contributed by atoms with Crippen molar-refractivity contribution in [1.29, 1.82) is 0 Å². The summed E-state index contributed by atoms with van der Waals surface area (Å²) < 4.78 is 11.1. The molecule has 1 fully saturated rings. The molecule has 0 radical (unpaired) electrons. The van der Waals surface area contributed by atoms with Gasteiger partial charge in [0, 0.05) is 5.56 Å². The van der Waals surface area contributed by atoms with Gasteiger partial charge in [0.2, 0.25) is 0 Å². The highest BCUT2D eigenvalue weighted by atomic mass is 32.2. The van der Waals surface area contributed by atoms with E-state index in [1.807, 2.05) is 0 Å². The SMILES string of the molecule is CCOC(=O)c1ccc(-c2ccc(/C=N\N3C(=O)CSC3=S)o2)cc1. The number of carbonyl (C=O) groups excluding carboxylic acids is 2. The van der Waals surface area contributed by atoms with E-state index in [4.69, 9.17) is 21.4 Å². The molecule has 0 unspecified atom stereocenters. The first-order valence-electron chi connectivity index (χ1n) is 7.49. The number of benzene rings is 1. The van der Waals surface area contributed by atoms with Crippen molar-refractivity contribution in [2.45, 2.75) is 6.92 Å². The molecule has 0 atom stereocenters. The number of hydrazone groups is 1. The zero-order chi connectivity index (χ0) is 17.8. The lowest BCUT2D eigenvalue weighted by atomic mass is 10.1. The summed E-state index contributed by atoms with van der Waals surface area (Å²) in [5.41, 5.74) is 1.30. The van der Waals surface area contributed by atoms with Gasteiger partial charge in [-0.3, -0.25) is 4.79 Å². The third kappa shape index (κ3) is 3.97. The van der Waals surface area contributed by atoms with Gasteiger partial charge in [-0.25, -0.2) is 4.79 Å². The van der Waals surface area contributed by atoms with Crippen LogP contribution in [0.15, 0.2) is 45.9 Å². The van der Waals surface area contributed by atoms with Crippen molar-refractivity contribution in [1.82, 2.24) is 5.01 Å². The van der Waals surface area contributed by atoms with Crippen molar-refractivity contribution in [2.24, 2.45) is 5.10 Å². The van der Waals surface area contributed by atoms with E-state index < -0.39 is 0 Å². The number of furan rings is 1. The van der Waals surface area contributed by atoms with E-state index in [9.17, 15) is 9.59 Å². The molecule has 1 aliphatic heterocycles. The molecule has 1 aromatic heterocycles. The minimum atomic E-state index is -0.356. The third-order valence-electron chi connectivity index (χ3n) is 3.34. The van der Waals surface area contributed by atoms with Gasteiger partial charge in [-0.05, 0) is 31.2 Å². The summed E-state index contributed by atoms with van der Waals surface area (Å²) >= 11 is 6.34. The number of rotatable bonds is 5. The highest BCUT2D eigenvalue weighted by Gasteiger charge is 2.26. The second-order valence-electron chi connectivity index (χ2n) is 5.00. The molecule has 3 rings (SSSR count). The van der Waals surface area contributed by atoms with E-state index >= 15 is 0 Å². The highest BCUT2D eigenvalue weighted by molar-refractivity contribution is 8.23. The Kier molecular flexibility index (Phi) is 5.30. The summed E-state index contributed by atoms with van der Waals surface area (Å²) in [7, 11) is 0. The number of amides is 1. The number of hydrogen-bond donors (Lipinski definition) is 0. The predicted octanol–water partition coefficient (Wildman–Crippen LogP) is 3.32. The minimum Gasteiger partial charge on any atom is -0.462 e. The summed E-state index contributed by atoms with van der Waals surface area (Å²) in [6, 6.07) is 10.5. The molecule has 1 aromatic carbocycles. The van der Waals surface area contributed by atoms with Crippen LogP contribution in [-0.4, -0.2) is 39.8 Å². The number of thiocarbonyl (C=S) groups is 1. The van der Waals surface area contributed by atoms with E-state index in [1.165, 1.54) is 23.0 Å². The van der Waals surface area contributed by atoms with Crippen molar-refractivity contribution >= 4 is 46.4 Å². The lowest BCUT2D eigenvalue weighted by Crippen LogP contribution is -2.22. The van der Waals surface area contributed by atoms with Crippen molar-refractivity contribution in [3.63, 3.8) is 0 Å². The van der Waals surface area contributed by atoms with Gasteiger partial charge in [-0.1, -0.05) is 36.1 Å². The Morgan fingerprint density at radius 3 is 2.76 bits per heavy atom. The standard InChI is InChI=1S/C17H14N2O4S2/c1-2-22-16(21)12-5-3-11(4-6-12)14-8-7-13(23-14)9-18-19-15(20)10-25-17(19)24/h3-9H,2,10H2,1H3/b18-9-. The maximum absolute atomic E-state index is 11.7. The molecule has 25 heavy (non-hydrogen) atoms. The monoisotopic (exact) mass is 374 g/mol. The fraction of sp³-hybridized carbons (Fsp3) is 0.176. The zero-order valence-corrected chi connectivity index (χ0v) is 14.9. The van der Waals surface area contributed by atoms with Gasteiger partial charge < -0.3 is 9.15 Å². The number of thioether (sulfide) groups is 1. The molecule has 0 N–H and O–H groups in total. The lowest BCUT2D eigenvalue weighted by molar-refractivity contribution is -0.124. The van der Waals surface area contributed by atoms with Crippen LogP contribution in [-0.2, 0) is 9.53 Å². The Morgan fingerprint density at radius 1 is 1.36 bits per heavy atom. The van der Waals surface area contributed by atoms with Gasteiger partial charge in [-0.15, -0.1) is 0 Å². The Balaban J connectivity index is 1.72. The van der Waals surface area contributed by atoms with Crippen LogP contribution < -0.4 is 0 Å². The second-order valence-corrected chi connectivity index (χ2v) is 6.61. The molecular formula is C17H14N2O4S2. The fourth-order valence-electron chi connectivity index (χ4n) is 2.14. The third-order valence-corrected chi connectivity index (χ3v) is 4.67. The van der Waals surface area contributed by atoms with E-state index in [0.717, 1.165) is 5.56 Å². The maximum Gasteiger partial charge on any atom is 0.338 e. The molecular weight excluding hydrogens is 360 g/mol. The van der Waals surface area contributed by atoms with Crippen LogP contribution in [0, 0.1) is 0 Å². The first-order chi connectivity index (χ1) is 12.1. The van der Waals surface area contributed by atoms with Gasteiger partial charge >= 0.3 is 5.97 Å². The van der Waals surface area contributed by atoms with E-state index in [-0.39, 0.29) is 11.9 Å². The number of ether oxygens (including phenoxy) is 1. The number of hydrogen-bond acceptors (Lipinski definition) is 7. The van der Waals surface area contributed by atoms with Crippen LogP contribution in [0.3, 0.4) is 0 Å². The quantitative estimate of drug-likeness (QED) is 0.454. The molecule has 1 aliphatic rings. The smallest absolute Gasteiger partial charge is 0.338 e. The molecule has 0 aliphatic carbocycles. The molecule has 0 spiro atoms. The zero-order valence-electron chi connectivity index (χ0n) is 13.3. The van der Waals surface area contributed by atoms with Crippen LogP contribution in [0.2, 0.25) is 0 Å². The van der Waals surface area contributed by atoms with Crippen LogP contribution in [0.4, 0.5) is 0 Å². The maximum atomic E-state index is 11.7.